The van der Waals surface area contributed by atoms with Crippen LogP contribution in [0.15, 0.2) is 48.7 Å². The SMILES string of the molecule is CC(C)(C)OC(=O)N1CC(C(=O)N2CC(C)(C)N(Cc3ccccc3)CC2(C)C)(n2cc(-c3cc(F)c(F)cc3F)nn2)C1. The molecule has 12 heteroatoms. The van der Waals surface area contributed by atoms with Gasteiger partial charge in [-0.3, -0.25) is 9.69 Å². The van der Waals surface area contributed by atoms with Crippen molar-refractivity contribution >= 4 is 12.0 Å². The Bertz CT molecular complexity index is 1560. The zero-order valence-corrected chi connectivity index (χ0v) is 26.2. The lowest BCUT2D eigenvalue weighted by Crippen LogP contribution is -2.76. The molecule has 2 aliphatic heterocycles. The van der Waals surface area contributed by atoms with Crippen LogP contribution in [-0.4, -0.2) is 84.6 Å². The van der Waals surface area contributed by atoms with E-state index in [-0.39, 0.29) is 30.3 Å². The highest BCUT2D eigenvalue weighted by molar-refractivity contribution is 5.89. The Kier molecular flexibility index (Phi) is 7.80. The molecule has 2 fully saturated rings. The summed E-state index contributed by atoms with van der Waals surface area (Å²) in [5.74, 6) is -3.86. The lowest BCUT2D eigenvalue weighted by molar-refractivity contribution is -0.167. The highest BCUT2D eigenvalue weighted by Gasteiger charge is 2.59. The maximum Gasteiger partial charge on any atom is 0.410 e. The zero-order valence-electron chi connectivity index (χ0n) is 26.2. The fourth-order valence-corrected chi connectivity index (χ4v) is 5.87. The molecule has 3 aromatic rings. The minimum atomic E-state index is -1.38. The van der Waals surface area contributed by atoms with E-state index in [2.05, 4.69) is 41.2 Å². The first-order valence-corrected chi connectivity index (χ1v) is 14.6. The van der Waals surface area contributed by atoms with Crippen LogP contribution in [0.4, 0.5) is 18.0 Å². The number of halogens is 3. The molecule has 0 aliphatic carbocycles. The van der Waals surface area contributed by atoms with Gasteiger partial charge in [0.25, 0.3) is 5.91 Å². The van der Waals surface area contributed by atoms with E-state index in [4.69, 9.17) is 4.74 Å². The maximum atomic E-state index is 14.7. The van der Waals surface area contributed by atoms with Crippen molar-refractivity contribution in [1.29, 1.82) is 0 Å². The number of hydrogen-bond donors (Lipinski definition) is 0. The smallest absolute Gasteiger partial charge is 0.410 e. The third-order valence-corrected chi connectivity index (χ3v) is 8.34. The molecule has 2 aliphatic rings. The molecule has 2 aromatic carbocycles. The molecule has 0 radical (unpaired) electrons. The lowest BCUT2D eigenvalue weighted by atomic mass is 9.82. The van der Waals surface area contributed by atoms with E-state index in [1.165, 1.54) is 21.3 Å². The summed E-state index contributed by atoms with van der Waals surface area (Å²) in [6, 6.07) is 11.3. The van der Waals surface area contributed by atoms with Gasteiger partial charge in [0, 0.05) is 36.8 Å². The Morgan fingerprint density at radius 1 is 0.886 bits per heavy atom. The largest absolute Gasteiger partial charge is 0.444 e. The van der Waals surface area contributed by atoms with E-state index in [9.17, 15) is 22.8 Å². The second kappa shape index (κ2) is 10.9. The Balaban J connectivity index is 1.48. The molecule has 5 rings (SSSR count). The van der Waals surface area contributed by atoms with Gasteiger partial charge in [-0.1, -0.05) is 35.5 Å². The third-order valence-electron chi connectivity index (χ3n) is 8.34. The van der Waals surface area contributed by atoms with Crippen molar-refractivity contribution in [3.8, 4) is 11.3 Å². The van der Waals surface area contributed by atoms with Gasteiger partial charge in [0.2, 0.25) is 0 Å². The normalized spacial score (nSPS) is 19.4. The van der Waals surface area contributed by atoms with E-state index in [1.807, 2.05) is 36.9 Å². The van der Waals surface area contributed by atoms with Gasteiger partial charge in [-0.05, 0) is 60.1 Å². The summed E-state index contributed by atoms with van der Waals surface area (Å²) in [6.07, 6.45) is 0.754. The number of benzene rings is 2. The van der Waals surface area contributed by atoms with Crippen LogP contribution in [0.25, 0.3) is 11.3 Å². The zero-order chi connectivity index (χ0) is 32.2. The van der Waals surface area contributed by atoms with Crippen LogP contribution in [0.2, 0.25) is 0 Å². The van der Waals surface area contributed by atoms with Gasteiger partial charge in [0.1, 0.15) is 17.1 Å². The number of carbonyl (C=O) groups excluding carboxylic acids is 2. The second-order valence-corrected chi connectivity index (χ2v) is 14.0. The van der Waals surface area contributed by atoms with Crippen molar-refractivity contribution in [3.63, 3.8) is 0 Å². The number of ether oxygens (including phenoxy) is 1. The van der Waals surface area contributed by atoms with Gasteiger partial charge in [-0.15, -0.1) is 5.10 Å². The molecule has 0 spiro atoms. The number of carbonyl (C=O) groups is 2. The molecule has 44 heavy (non-hydrogen) atoms. The third kappa shape index (κ3) is 5.91. The Labute approximate surface area is 255 Å². The minimum Gasteiger partial charge on any atom is -0.444 e. The number of piperazine rings is 1. The van der Waals surface area contributed by atoms with Crippen LogP contribution in [-0.2, 0) is 21.6 Å². The summed E-state index contributed by atoms with van der Waals surface area (Å²) >= 11 is 0. The predicted octanol–water partition coefficient (Wildman–Crippen LogP) is 5.21. The fourth-order valence-electron chi connectivity index (χ4n) is 5.87. The maximum absolute atomic E-state index is 14.7. The predicted molar refractivity (Wildman–Crippen MR) is 158 cm³/mol. The van der Waals surface area contributed by atoms with Crippen LogP contribution >= 0.6 is 0 Å². The first-order chi connectivity index (χ1) is 20.4. The molecule has 236 valence electrons. The summed E-state index contributed by atoms with van der Waals surface area (Å²) in [6.45, 7) is 15.0. The van der Waals surface area contributed by atoms with E-state index >= 15 is 0 Å². The van der Waals surface area contributed by atoms with E-state index < -0.39 is 45.8 Å². The van der Waals surface area contributed by atoms with Gasteiger partial charge in [0.15, 0.2) is 17.2 Å². The molecule has 2 saturated heterocycles. The molecule has 3 heterocycles. The Morgan fingerprint density at radius 3 is 2.16 bits per heavy atom. The van der Waals surface area contributed by atoms with Gasteiger partial charge < -0.3 is 14.5 Å². The summed E-state index contributed by atoms with van der Waals surface area (Å²) in [5, 5.41) is 8.18. The van der Waals surface area contributed by atoms with Crippen LogP contribution < -0.4 is 0 Å². The monoisotopic (exact) mass is 612 g/mol. The number of hydrogen-bond acceptors (Lipinski definition) is 6. The molecule has 1 aromatic heterocycles. The summed E-state index contributed by atoms with van der Waals surface area (Å²) in [5.41, 5.74) is -2.35. The number of rotatable bonds is 5. The minimum absolute atomic E-state index is 0.0649. The Morgan fingerprint density at radius 2 is 1.52 bits per heavy atom. The van der Waals surface area contributed by atoms with Gasteiger partial charge >= 0.3 is 6.09 Å². The van der Waals surface area contributed by atoms with Crippen molar-refractivity contribution in [1.82, 2.24) is 29.7 Å². The molecule has 0 unspecified atom stereocenters. The lowest BCUT2D eigenvalue weighted by Gasteiger charge is -2.58. The van der Waals surface area contributed by atoms with Crippen molar-refractivity contribution < 1.29 is 27.5 Å². The van der Waals surface area contributed by atoms with E-state index in [0.29, 0.717) is 31.8 Å². The van der Waals surface area contributed by atoms with Gasteiger partial charge in [-0.25, -0.2) is 22.6 Å². The van der Waals surface area contributed by atoms with Crippen molar-refractivity contribution in [2.75, 3.05) is 26.2 Å². The number of aromatic nitrogens is 3. The Hall–Kier alpha value is -3.93. The van der Waals surface area contributed by atoms with E-state index in [1.54, 1.807) is 20.8 Å². The van der Waals surface area contributed by atoms with Crippen molar-refractivity contribution in [2.45, 2.75) is 77.2 Å². The van der Waals surface area contributed by atoms with Crippen LogP contribution in [0, 0.1) is 17.5 Å². The molecule has 0 bridgehead atoms. The topological polar surface area (TPSA) is 83.8 Å². The highest BCUT2D eigenvalue weighted by atomic mass is 19.2. The summed E-state index contributed by atoms with van der Waals surface area (Å²) in [7, 11) is 0. The fraction of sp³-hybridized carbons (Fsp3) is 0.500. The average molecular weight is 613 g/mol. The molecule has 2 amide bonds. The first-order valence-electron chi connectivity index (χ1n) is 14.6. The summed E-state index contributed by atoms with van der Waals surface area (Å²) in [4.78, 5) is 33.2. The summed E-state index contributed by atoms with van der Waals surface area (Å²) < 4.78 is 49.1. The number of likely N-dealkylation sites (tertiary alicyclic amines) is 1. The van der Waals surface area contributed by atoms with Gasteiger partial charge in [-0.2, -0.15) is 0 Å². The number of amides is 2. The molecular formula is C32H39F3N6O3. The second-order valence-electron chi connectivity index (χ2n) is 14.0. The van der Waals surface area contributed by atoms with Gasteiger partial charge in [0.05, 0.1) is 24.8 Å². The van der Waals surface area contributed by atoms with Crippen LogP contribution in [0.3, 0.4) is 0 Å². The number of nitrogens with zero attached hydrogens (tertiary/aromatic N) is 6. The molecule has 0 saturated carbocycles. The van der Waals surface area contributed by atoms with E-state index in [0.717, 1.165) is 0 Å². The molecule has 0 N–H and O–H groups in total. The van der Waals surface area contributed by atoms with Crippen LogP contribution in [0.5, 0.6) is 0 Å². The standard InChI is InChI=1S/C32H39F3N6O3/c1-29(2,3)44-28(43)38-19-32(20-38,41-16-26(36-37-41)22-13-24(34)25(35)14-23(22)33)27(42)40-18-30(4,5)39(17-31(40,6)7)15-21-11-9-8-10-12-21/h8-14,16H,15,17-20H2,1-7H3. The highest BCUT2D eigenvalue weighted by Crippen LogP contribution is 2.39. The average Bonchev–Trinajstić information content (AvgIpc) is 3.37. The van der Waals surface area contributed by atoms with Crippen LogP contribution in [0.1, 0.15) is 54.0 Å². The van der Waals surface area contributed by atoms with Crippen molar-refractivity contribution in [3.05, 3.63) is 71.7 Å². The first kappa shape index (κ1) is 31.5. The molecular weight excluding hydrogens is 573 g/mol. The quantitative estimate of drug-likeness (QED) is 0.368. The molecule has 9 nitrogen and oxygen atoms in total. The van der Waals surface area contributed by atoms with Crippen molar-refractivity contribution in [2.24, 2.45) is 0 Å². The molecule has 0 atom stereocenters.